The van der Waals surface area contributed by atoms with Gasteiger partial charge in [-0.25, -0.2) is 8.42 Å². The van der Waals surface area contributed by atoms with E-state index in [4.69, 9.17) is 5.53 Å². The van der Waals surface area contributed by atoms with Gasteiger partial charge in [0.05, 0.1) is 4.90 Å². The molecule has 1 aromatic rings. The highest BCUT2D eigenvalue weighted by Gasteiger charge is 2.09. The molecule has 0 bridgehead atoms. The van der Waals surface area contributed by atoms with E-state index in [-0.39, 0.29) is 14.8 Å². The molecule has 0 aliphatic rings. The van der Waals surface area contributed by atoms with Crippen molar-refractivity contribution in [3.05, 3.63) is 40.8 Å². The van der Waals surface area contributed by atoms with Gasteiger partial charge in [0.25, 0.3) is 10.0 Å². The second kappa shape index (κ2) is 4.82. The van der Waals surface area contributed by atoms with Crippen LogP contribution in [0.25, 0.3) is 10.4 Å². The molecule has 0 N–H and O–H groups in total. The van der Waals surface area contributed by atoms with Crippen LogP contribution in [0.2, 0.25) is 0 Å². The standard InChI is InChI=1S/C6H5N3O2S.H3P/c7-8-9-12(10,11)6-4-2-1-3-5-6;/h1-5H;1H3. The van der Waals surface area contributed by atoms with Gasteiger partial charge < -0.3 is 0 Å². The van der Waals surface area contributed by atoms with Gasteiger partial charge >= 0.3 is 0 Å². The van der Waals surface area contributed by atoms with Gasteiger partial charge in [-0.2, -0.15) is 9.90 Å². The summed E-state index contributed by atoms with van der Waals surface area (Å²) in [4.78, 5) is 2.22. The Balaban J connectivity index is 0.00000144. The molecular formula is C6H8N3O2PS. The van der Waals surface area contributed by atoms with Crippen LogP contribution in [0.1, 0.15) is 0 Å². The average molecular weight is 217 g/mol. The first-order valence-corrected chi connectivity index (χ1v) is 4.47. The molecule has 1 unspecified atom stereocenters. The van der Waals surface area contributed by atoms with Crippen LogP contribution in [0.15, 0.2) is 39.7 Å². The molecule has 0 saturated heterocycles. The summed E-state index contributed by atoms with van der Waals surface area (Å²) in [5.74, 6) is 0. The molecule has 13 heavy (non-hydrogen) atoms. The maximum Gasteiger partial charge on any atom is 0.264 e. The smallest absolute Gasteiger partial charge is 0.216 e. The van der Waals surface area contributed by atoms with Gasteiger partial charge in [0, 0.05) is 9.43 Å². The van der Waals surface area contributed by atoms with Crippen molar-refractivity contribution in [1.29, 1.82) is 0 Å². The Labute approximate surface area is 79.1 Å². The fraction of sp³-hybridized carbons (Fsp3) is 0. The van der Waals surface area contributed by atoms with Crippen molar-refractivity contribution in [2.75, 3.05) is 0 Å². The highest BCUT2D eigenvalue weighted by atomic mass is 32.2. The summed E-state index contributed by atoms with van der Waals surface area (Å²) in [7, 11) is -3.80. The molecule has 5 nitrogen and oxygen atoms in total. The van der Waals surface area contributed by atoms with Gasteiger partial charge in [0.2, 0.25) is 0 Å². The fourth-order valence-electron chi connectivity index (χ4n) is 0.688. The Kier molecular flexibility index (Phi) is 4.42. The van der Waals surface area contributed by atoms with Crippen LogP contribution in [-0.4, -0.2) is 8.42 Å². The lowest BCUT2D eigenvalue weighted by Crippen LogP contribution is -1.93. The molecule has 0 heterocycles. The summed E-state index contributed by atoms with van der Waals surface area (Å²) in [6.45, 7) is 0. The zero-order valence-electron chi connectivity index (χ0n) is 6.66. The number of azide groups is 1. The highest BCUT2D eigenvalue weighted by Crippen LogP contribution is 2.10. The predicted octanol–water partition coefficient (Wildman–Crippen LogP) is 1.74. The van der Waals surface area contributed by atoms with Crippen molar-refractivity contribution >= 4 is 19.9 Å². The fourth-order valence-corrected chi connectivity index (χ4v) is 1.38. The Morgan fingerprint density at radius 3 is 2.23 bits per heavy atom. The van der Waals surface area contributed by atoms with Crippen molar-refractivity contribution < 1.29 is 8.42 Å². The van der Waals surface area contributed by atoms with Crippen molar-refractivity contribution in [1.82, 2.24) is 0 Å². The van der Waals surface area contributed by atoms with E-state index in [1.165, 1.54) is 12.1 Å². The summed E-state index contributed by atoms with van der Waals surface area (Å²) in [5, 5.41) is 0. The Morgan fingerprint density at radius 2 is 1.77 bits per heavy atom. The molecule has 0 radical (unpaired) electrons. The molecular weight excluding hydrogens is 209 g/mol. The molecule has 1 rings (SSSR count). The molecule has 1 aromatic carbocycles. The SMILES string of the molecule is P.[N-]=[N+]=NS(=O)(=O)c1ccccc1. The molecule has 0 spiro atoms. The van der Waals surface area contributed by atoms with E-state index >= 15 is 0 Å². The van der Waals surface area contributed by atoms with E-state index in [9.17, 15) is 8.42 Å². The van der Waals surface area contributed by atoms with Crippen LogP contribution in [0.5, 0.6) is 0 Å². The predicted molar refractivity (Wildman–Crippen MR) is 53.9 cm³/mol. The van der Waals surface area contributed by atoms with Crippen LogP contribution in [0.4, 0.5) is 0 Å². The zero-order chi connectivity index (χ0) is 9.03. The minimum absolute atomic E-state index is 0. The summed E-state index contributed by atoms with van der Waals surface area (Å²) >= 11 is 0. The maximum absolute atomic E-state index is 11.0. The molecule has 0 saturated carbocycles. The lowest BCUT2D eigenvalue weighted by molar-refractivity contribution is 0.597. The van der Waals surface area contributed by atoms with E-state index in [0.717, 1.165) is 0 Å². The third-order valence-corrected chi connectivity index (χ3v) is 2.34. The average Bonchev–Trinajstić information content (AvgIpc) is 2.06. The third kappa shape index (κ3) is 3.03. The molecule has 70 valence electrons. The van der Waals surface area contributed by atoms with Gasteiger partial charge in [-0.3, -0.25) is 0 Å². The lowest BCUT2D eigenvalue weighted by Gasteiger charge is -1.93. The van der Waals surface area contributed by atoms with Gasteiger partial charge in [-0.15, -0.1) is 0 Å². The Morgan fingerprint density at radius 1 is 1.23 bits per heavy atom. The summed E-state index contributed by atoms with van der Waals surface area (Å²) in [5.41, 5.74) is 7.94. The van der Waals surface area contributed by atoms with E-state index < -0.39 is 10.0 Å². The first-order valence-electron chi connectivity index (χ1n) is 3.03. The molecule has 0 aromatic heterocycles. The number of rotatable bonds is 2. The molecule has 7 heteroatoms. The van der Waals surface area contributed by atoms with Crippen molar-refractivity contribution in [2.45, 2.75) is 4.90 Å². The van der Waals surface area contributed by atoms with E-state index in [2.05, 4.69) is 9.43 Å². The monoisotopic (exact) mass is 217 g/mol. The maximum atomic E-state index is 11.0. The van der Waals surface area contributed by atoms with E-state index in [0.29, 0.717) is 0 Å². The first-order chi connectivity index (χ1) is 5.67. The van der Waals surface area contributed by atoms with Crippen molar-refractivity contribution in [3.8, 4) is 0 Å². The normalized spacial score (nSPS) is 9.54. The van der Waals surface area contributed by atoms with Crippen LogP contribution in [0, 0.1) is 0 Å². The number of sulfonamides is 1. The highest BCUT2D eigenvalue weighted by molar-refractivity contribution is 7.90. The van der Waals surface area contributed by atoms with E-state index in [1.807, 2.05) is 0 Å². The van der Waals surface area contributed by atoms with Gasteiger partial charge in [-0.1, -0.05) is 18.2 Å². The number of hydrogen-bond acceptors (Lipinski definition) is 2. The Bertz CT molecular complexity index is 411. The minimum atomic E-state index is -3.80. The summed E-state index contributed by atoms with van der Waals surface area (Å²) < 4.78 is 24.7. The summed E-state index contributed by atoms with van der Waals surface area (Å²) in [6.07, 6.45) is 0. The second-order valence-electron chi connectivity index (χ2n) is 1.96. The van der Waals surface area contributed by atoms with Crippen LogP contribution in [0.3, 0.4) is 0 Å². The molecule has 0 fully saturated rings. The first kappa shape index (κ1) is 11.9. The van der Waals surface area contributed by atoms with Crippen LogP contribution >= 0.6 is 9.90 Å². The van der Waals surface area contributed by atoms with Crippen LogP contribution in [-0.2, 0) is 10.0 Å². The van der Waals surface area contributed by atoms with Crippen LogP contribution < -0.4 is 0 Å². The van der Waals surface area contributed by atoms with Gasteiger partial charge in [0.15, 0.2) is 0 Å². The molecule has 0 aliphatic heterocycles. The molecule has 1 atom stereocenters. The van der Waals surface area contributed by atoms with Gasteiger partial charge in [-0.05, 0) is 17.7 Å². The second-order valence-corrected chi connectivity index (χ2v) is 3.54. The quantitative estimate of drug-likeness (QED) is 0.327. The molecule has 0 aliphatic carbocycles. The topological polar surface area (TPSA) is 82.9 Å². The number of nitrogens with zero attached hydrogens (tertiary/aromatic N) is 3. The number of hydrogen-bond donors (Lipinski definition) is 0. The summed E-state index contributed by atoms with van der Waals surface area (Å²) in [6, 6.07) is 7.52. The zero-order valence-corrected chi connectivity index (χ0v) is 8.89. The molecule has 0 amide bonds. The number of benzene rings is 1. The minimum Gasteiger partial charge on any atom is -0.216 e. The van der Waals surface area contributed by atoms with Crippen molar-refractivity contribution in [2.24, 2.45) is 4.52 Å². The van der Waals surface area contributed by atoms with Crippen molar-refractivity contribution in [3.63, 3.8) is 0 Å². The third-order valence-electron chi connectivity index (χ3n) is 1.19. The Hall–Kier alpha value is -1.09. The largest absolute Gasteiger partial charge is 0.264 e. The van der Waals surface area contributed by atoms with Gasteiger partial charge in [0.1, 0.15) is 0 Å². The van der Waals surface area contributed by atoms with E-state index in [1.54, 1.807) is 18.2 Å². The lowest BCUT2D eigenvalue weighted by atomic mass is 10.4.